The number of hydrogen-bond acceptors (Lipinski definition) is 4. The number of hydrazone groups is 1. The molecule has 0 saturated heterocycles. The van der Waals surface area contributed by atoms with Crippen molar-refractivity contribution in [1.29, 1.82) is 0 Å². The summed E-state index contributed by atoms with van der Waals surface area (Å²) in [7, 11) is 0. The van der Waals surface area contributed by atoms with Gasteiger partial charge in [0, 0.05) is 17.7 Å². The third-order valence-corrected chi connectivity index (χ3v) is 3.10. The predicted molar refractivity (Wildman–Crippen MR) is 67.3 cm³/mol. The average molecular weight is 356 g/mol. The summed E-state index contributed by atoms with van der Waals surface area (Å²) >= 11 is 0. The van der Waals surface area contributed by atoms with Gasteiger partial charge in [0.1, 0.15) is 5.82 Å². The van der Waals surface area contributed by atoms with Gasteiger partial charge in [0.05, 0.1) is 0 Å². The summed E-state index contributed by atoms with van der Waals surface area (Å²) in [6.07, 6.45) is -12.1. The fourth-order valence-electron chi connectivity index (χ4n) is 2.13. The number of aliphatic hydroxyl groups is 1. The van der Waals surface area contributed by atoms with Gasteiger partial charge in [0.25, 0.3) is 11.6 Å². The Morgan fingerprint density at radius 2 is 1.96 bits per heavy atom. The summed E-state index contributed by atoms with van der Waals surface area (Å²) in [5.74, 6) is -2.30. The molecule has 1 aliphatic rings. The molecule has 0 aromatic heterocycles. The van der Waals surface area contributed by atoms with Crippen molar-refractivity contribution in [3.05, 3.63) is 35.6 Å². The van der Waals surface area contributed by atoms with Crippen molar-refractivity contribution in [3.63, 3.8) is 0 Å². The first-order chi connectivity index (χ1) is 10.9. The Hall–Kier alpha value is -2.14. The van der Waals surface area contributed by atoms with Crippen LogP contribution in [0.4, 0.5) is 26.3 Å². The molecule has 0 spiro atoms. The maximum atomic E-state index is 13.9. The van der Waals surface area contributed by atoms with Crippen LogP contribution >= 0.6 is 0 Å². The topological polar surface area (TPSA) is 62.1 Å². The van der Waals surface area contributed by atoms with E-state index in [1.54, 1.807) is 0 Å². The van der Waals surface area contributed by atoms with Crippen molar-refractivity contribution in [2.75, 3.05) is 0 Å². The Labute approximate surface area is 131 Å². The van der Waals surface area contributed by atoms with Gasteiger partial charge < -0.3 is 5.11 Å². The van der Waals surface area contributed by atoms with Crippen molar-refractivity contribution in [2.24, 2.45) is 5.10 Å². The van der Waals surface area contributed by atoms with Crippen LogP contribution in [0.15, 0.2) is 29.4 Å². The first-order valence-corrected chi connectivity index (χ1v) is 6.37. The highest BCUT2D eigenvalue weighted by Gasteiger charge is 2.66. The Kier molecular flexibility index (Phi) is 4.35. The lowest BCUT2D eigenvalue weighted by atomic mass is 10.1. The molecule has 11 heteroatoms. The van der Waals surface area contributed by atoms with Gasteiger partial charge in [-0.2, -0.15) is 18.9 Å². The van der Waals surface area contributed by atoms with Gasteiger partial charge >= 0.3 is 12.5 Å². The summed E-state index contributed by atoms with van der Waals surface area (Å²) in [5.41, 5.74) is -4.45. The fourth-order valence-corrected chi connectivity index (χ4v) is 2.13. The van der Waals surface area contributed by atoms with Gasteiger partial charge in [-0.1, -0.05) is 6.07 Å². The molecule has 1 aromatic rings. The van der Waals surface area contributed by atoms with Crippen molar-refractivity contribution in [2.45, 2.75) is 31.5 Å². The quantitative estimate of drug-likeness (QED) is 0.848. The number of carbonyl (C=O) groups excluding carboxylic acids is 1. The minimum absolute atomic E-state index is 0.233. The molecule has 0 radical (unpaired) electrons. The zero-order valence-corrected chi connectivity index (χ0v) is 11.9. The lowest BCUT2D eigenvalue weighted by Crippen LogP contribution is -2.61. The molecule has 2 rings (SSSR count). The van der Waals surface area contributed by atoms with Crippen molar-refractivity contribution >= 4 is 11.6 Å². The van der Waals surface area contributed by atoms with Crippen LogP contribution in [0.1, 0.15) is 23.7 Å². The van der Waals surface area contributed by atoms with Gasteiger partial charge in [-0.25, -0.2) is 9.13 Å². The SMILES string of the molecule is CC1=NN(C(=O)c2cccc(F)c2)[C@](O)(C(F)(F)OC(F)(F)F)C1. The van der Waals surface area contributed by atoms with E-state index in [9.17, 15) is 36.2 Å². The minimum atomic E-state index is -5.77. The van der Waals surface area contributed by atoms with E-state index in [0.717, 1.165) is 25.1 Å². The number of halogens is 6. The Morgan fingerprint density at radius 1 is 1.33 bits per heavy atom. The monoisotopic (exact) mass is 356 g/mol. The second kappa shape index (κ2) is 5.74. The van der Waals surface area contributed by atoms with Crippen LogP contribution in [-0.4, -0.2) is 39.9 Å². The van der Waals surface area contributed by atoms with E-state index >= 15 is 0 Å². The molecule has 24 heavy (non-hydrogen) atoms. The van der Waals surface area contributed by atoms with Crippen LogP contribution < -0.4 is 0 Å². The molecule has 1 amide bonds. The number of ether oxygens (including phenoxy) is 1. The van der Waals surface area contributed by atoms with E-state index in [2.05, 4.69) is 9.84 Å². The number of benzene rings is 1. The zero-order valence-electron chi connectivity index (χ0n) is 11.9. The van der Waals surface area contributed by atoms with Crippen molar-refractivity contribution in [3.8, 4) is 0 Å². The van der Waals surface area contributed by atoms with E-state index in [0.29, 0.717) is 6.07 Å². The van der Waals surface area contributed by atoms with Crippen LogP contribution in [0.25, 0.3) is 0 Å². The number of hydrogen-bond donors (Lipinski definition) is 1. The summed E-state index contributed by atoms with van der Waals surface area (Å²) in [6, 6.07) is 3.73. The standard InChI is InChI=1S/C13H10F6N2O3/c1-7-6-11(23,12(15,16)24-13(17,18)19)21(20-7)10(22)8-3-2-4-9(14)5-8/h2-5,23H,6H2,1H3/t11-/m1/s1. The largest absolute Gasteiger partial charge is 0.527 e. The molecular weight excluding hydrogens is 346 g/mol. The molecule has 0 unspecified atom stereocenters. The summed E-state index contributed by atoms with van der Waals surface area (Å²) < 4.78 is 80.1. The highest BCUT2D eigenvalue weighted by Crippen LogP contribution is 2.43. The number of alkyl halides is 5. The second-order valence-electron chi connectivity index (χ2n) is 5.02. The number of amides is 1. The van der Waals surface area contributed by atoms with E-state index in [1.807, 2.05) is 0 Å². The Morgan fingerprint density at radius 3 is 2.50 bits per heavy atom. The van der Waals surface area contributed by atoms with E-state index in [-0.39, 0.29) is 10.7 Å². The Bertz CT molecular complexity index is 691. The Balaban J connectivity index is 2.41. The minimum Gasteiger partial charge on any atom is -0.362 e. The molecule has 132 valence electrons. The summed E-state index contributed by atoms with van der Waals surface area (Å²) in [5, 5.41) is 13.1. The number of carbonyl (C=O) groups is 1. The van der Waals surface area contributed by atoms with Crippen LogP contribution in [0.5, 0.6) is 0 Å². The smallest absolute Gasteiger partial charge is 0.362 e. The third kappa shape index (κ3) is 3.36. The summed E-state index contributed by atoms with van der Waals surface area (Å²) in [6.45, 7) is 1.12. The van der Waals surface area contributed by atoms with Crippen LogP contribution in [-0.2, 0) is 4.74 Å². The van der Waals surface area contributed by atoms with Crippen LogP contribution in [0, 0.1) is 5.82 Å². The van der Waals surface area contributed by atoms with Gasteiger partial charge in [0.15, 0.2) is 0 Å². The highest BCUT2D eigenvalue weighted by atomic mass is 19.4. The normalized spacial score (nSPS) is 21.8. The maximum Gasteiger partial charge on any atom is 0.527 e. The molecule has 1 N–H and O–H groups in total. The lowest BCUT2D eigenvalue weighted by Gasteiger charge is -2.36. The van der Waals surface area contributed by atoms with Gasteiger partial charge in [-0.05, 0) is 25.1 Å². The van der Waals surface area contributed by atoms with Crippen molar-refractivity contribution in [1.82, 2.24) is 5.01 Å². The van der Waals surface area contributed by atoms with Crippen molar-refractivity contribution < 1.29 is 41.0 Å². The van der Waals surface area contributed by atoms with E-state index in [1.165, 1.54) is 0 Å². The zero-order chi connectivity index (χ0) is 18.3. The number of rotatable bonds is 3. The number of nitrogens with zero attached hydrogens (tertiary/aromatic N) is 2. The summed E-state index contributed by atoms with van der Waals surface area (Å²) in [4.78, 5) is 12.2. The highest BCUT2D eigenvalue weighted by molar-refractivity contribution is 5.97. The van der Waals surface area contributed by atoms with E-state index in [4.69, 9.17) is 0 Å². The van der Waals surface area contributed by atoms with Gasteiger partial charge in [0.2, 0.25) is 0 Å². The first kappa shape index (κ1) is 18.2. The molecule has 0 saturated carbocycles. The molecule has 1 atom stereocenters. The van der Waals surface area contributed by atoms with Crippen LogP contribution in [0.2, 0.25) is 0 Å². The average Bonchev–Trinajstić information content (AvgIpc) is 2.72. The molecule has 1 aliphatic heterocycles. The predicted octanol–water partition coefficient (Wildman–Crippen LogP) is 2.87. The lowest BCUT2D eigenvalue weighted by molar-refractivity contribution is -0.468. The maximum absolute atomic E-state index is 13.9. The molecular formula is C13H10F6N2O3. The first-order valence-electron chi connectivity index (χ1n) is 6.37. The van der Waals surface area contributed by atoms with Crippen LogP contribution in [0.3, 0.4) is 0 Å². The van der Waals surface area contributed by atoms with E-state index < -0.39 is 41.9 Å². The molecule has 5 nitrogen and oxygen atoms in total. The molecule has 0 fully saturated rings. The fraction of sp³-hybridized carbons (Fsp3) is 0.385. The molecule has 0 aliphatic carbocycles. The molecule has 1 aromatic carbocycles. The molecule has 0 bridgehead atoms. The van der Waals surface area contributed by atoms with Gasteiger partial charge in [-0.3, -0.25) is 4.79 Å². The van der Waals surface area contributed by atoms with Gasteiger partial charge in [-0.15, -0.1) is 13.2 Å². The molecule has 1 heterocycles. The third-order valence-electron chi connectivity index (χ3n) is 3.10. The second-order valence-corrected chi connectivity index (χ2v) is 5.02.